The number of nitrogens with zero attached hydrogens (tertiary/aromatic N) is 4. The van der Waals surface area contributed by atoms with E-state index in [0.717, 1.165) is 5.39 Å². The van der Waals surface area contributed by atoms with Crippen LogP contribution in [0, 0.1) is 13.8 Å². The number of hydrogen-bond donors (Lipinski definition) is 0. The number of carbonyl (C=O) groups excluding carboxylic acids is 1. The maximum absolute atomic E-state index is 13.1. The predicted octanol–water partition coefficient (Wildman–Crippen LogP) is 3.03. The molecule has 1 aliphatic heterocycles. The molecule has 3 aromatic rings. The molecule has 1 saturated heterocycles. The van der Waals surface area contributed by atoms with Crippen LogP contribution in [0.1, 0.15) is 28.2 Å². The molecule has 3 heterocycles. The summed E-state index contributed by atoms with van der Waals surface area (Å²) in [7, 11) is -3.73. The normalized spacial score (nSPS) is 16.0. The molecule has 4 rings (SSSR count). The zero-order chi connectivity index (χ0) is 21.5. The van der Waals surface area contributed by atoms with Gasteiger partial charge in [0.1, 0.15) is 15.7 Å². The largest absolute Gasteiger partial charge is 0.360 e. The molecule has 0 unspecified atom stereocenters. The first-order chi connectivity index (χ1) is 14.3. The Hall–Kier alpha value is -2.49. The highest BCUT2D eigenvalue weighted by molar-refractivity contribution is 7.89. The summed E-state index contributed by atoms with van der Waals surface area (Å²) in [6, 6.07) is 8.77. The molecule has 0 radical (unpaired) electrons. The van der Waals surface area contributed by atoms with Crippen LogP contribution >= 0.6 is 11.6 Å². The Morgan fingerprint density at radius 2 is 1.90 bits per heavy atom. The van der Waals surface area contributed by atoms with Crippen LogP contribution in [0.25, 0.3) is 10.9 Å². The number of hydrogen-bond acceptors (Lipinski definition) is 6. The molecule has 8 nitrogen and oxygen atoms in total. The third-order valence-electron chi connectivity index (χ3n) is 5.21. The highest BCUT2D eigenvalue weighted by atomic mass is 35.5. The third kappa shape index (κ3) is 3.80. The second-order valence-corrected chi connectivity index (χ2v) is 9.51. The summed E-state index contributed by atoms with van der Waals surface area (Å²) in [6.07, 6.45) is 0.541. The maximum Gasteiger partial charge on any atom is 0.253 e. The van der Waals surface area contributed by atoms with E-state index in [9.17, 15) is 13.2 Å². The number of carbonyl (C=O) groups is 1. The fourth-order valence-corrected chi connectivity index (χ4v) is 5.64. The molecular weight excluding hydrogens is 428 g/mol. The fraction of sp³-hybridized carbons (Fsp3) is 0.350. The van der Waals surface area contributed by atoms with Gasteiger partial charge in [-0.25, -0.2) is 13.4 Å². The van der Waals surface area contributed by atoms with Gasteiger partial charge in [0.15, 0.2) is 5.76 Å². The second kappa shape index (κ2) is 7.98. The van der Waals surface area contributed by atoms with E-state index in [4.69, 9.17) is 16.1 Å². The van der Waals surface area contributed by atoms with Crippen molar-refractivity contribution in [2.45, 2.75) is 25.2 Å². The minimum Gasteiger partial charge on any atom is -0.360 e. The molecule has 158 valence electrons. The summed E-state index contributed by atoms with van der Waals surface area (Å²) in [5, 5.41) is 4.97. The lowest BCUT2D eigenvalue weighted by Gasteiger charge is -2.22. The van der Waals surface area contributed by atoms with Gasteiger partial charge in [-0.1, -0.05) is 16.8 Å². The third-order valence-corrected chi connectivity index (χ3v) is 7.56. The molecule has 30 heavy (non-hydrogen) atoms. The van der Waals surface area contributed by atoms with Gasteiger partial charge in [-0.2, -0.15) is 4.31 Å². The molecule has 1 aliphatic rings. The van der Waals surface area contributed by atoms with Gasteiger partial charge in [-0.15, -0.1) is 0 Å². The molecule has 1 fully saturated rings. The van der Waals surface area contributed by atoms with Crippen molar-refractivity contribution < 1.29 is 17.7 Å². The zero-order valence-corrected chi connectivity index (χ0v) is 18.2. The lowest BCUT2D eigenvalue weighted by atomic mass is 10.1. The smallest absolute Gasteiger partial charge is 0.253 e. The van der Waals surface area contributed by atoms with E-state index in [1.165, 1.54) is 4.31 Å². The quantitative estimate of drug-likeness (QED) is 0.571. The van der Waals surface area contributed by atoms with E-state index in [0.29, 0.717) is 48.0 Å². The summed E-state index contributed by atoms with van der Waals surface area (Å²) in [4.78, 5) is 19.1. The van der Waals surface area contributed by atoms with Gasteiger partial charge in [0.25, 0.3) is 5.91 Å². The minimum atomic E-state index is -3.73. The Bertz CT molecular complexity index is 1210. The Kier molecular flexibility index (Phi) is 5.52. The number of fused-ring (bicyclic) bond motifs is 1. The number of aromatic nitrogens is 2. The first kappa shape index (κ1) is 20.8. The van der Waals surface area contributed by atoms with Gasteiger partial charge in [0, 0.05) is 37.1 Å². The molecular formula is C20H21ClN4O4S. The van der Waals surface area contributed by atoms with E-state index < -0.39 is 10.0 Å². The Balaban J connectivity index is 1.53. The molecule has 10 heteroatoms. The van der Waals surface area contributed by atoms with Gasteiger partial charge in [-0.05, 0) is 50.6 Å². The standard InChI is InChI=1S/C20H21ClN4O4S/c1-13-19(14(2)29-23-13)30(27,28)25-9-3-8-24(10-11-25)20(26)16-4-6-17-15(12-16)5-7-18(21)22-17/h4-7,12H,3,8-11H2,1-2H3. The molecule has 0 spiro atoms. The van der Waals surface area contributed by atoms with Crippen molar-refractivity contribution in [3.63, 3.8) is 0 Å². The summed E-state index contributed by atoms with van der Waals surface area (Å²) in [5.41, 5.74) is 1.59. The molecule has 0 bridgehead atoms. The number of amides is 1. The first-order valence-corrected chi connectivity index (χ1v) is 11.4. The topological polar surface area (TPSA) is 96.6 Å². The van der Waals surface area contributed by atoms with Gasteiger partial charge in [-0.3, -0.25) is 4.79 Å². The van der Waals surface area contributed by atoms with Gasteiger partial charge in [0.05, 0.1) is 5.52 Å². The number of benzene rings is 1. The van der Waals surface area contributed by atoms with E-state index >= 15 is 0 Å². The van der Waals surface area contributed by atoms with Crippen molar-refractivity contribution in [2.24, 2.45) is 0 Å². The molecule has 0 saturated carbocycles. The molecule has 1 aromatic carbocycles. The fourth-order valence-electron chi connectivity index (χ4n) is 3.73. The molecule has 2 aromatic heterocycles. The number of halogens is 1. The summed E-state index contributed by atoms with van der Waals surface area (Å²) in [6.45, 7) is 4.52. The maximum atomic E-state index is 13.1. The number of rotatable bonds is 3. The molecule has 1 amide bonds. The number of pyridine rings is 1. The predicted molar refractivity (Wildman–Crippen MR) is 112 cm³/mol. The summed E-state index contributed by atoms with van der Waals surface area (Å²) in [5.74, 6) is 0.137. The van der Waals surface area contributed by atoms with Crippen LogP contribution in [0.15, 0.2) is 39.8 Å². The van der Waals surface area contributed by atoms with Crippen molar-refractivity contribution in [1.82, 2.24) is 19.3 Å². The minimum absolute atomic E-state index is 0.114. The molecule has 0 N–H and O–H groups in total. The van der Waals surface area contributed by atoms with Gasteiger partial charge >= 0.3 is 0 Å². The van der Waals surface area contributed by atoms with Gasteiger partial charge < -0.3 is 9.42 Å². The SMILES string of the molecule is Cc1noc(C)c1S(=O)(=O)N1CCCN(C(=O)c2ccc3nc(Cl)ccc3c2)CC1. The first-order valence-electron chi connectivity index (χ1n) is 9.56. The average molecular weight is 449 g/mol. The molecule has 0 atom stereocenters. The van der Waals surface area contributed by atoms with Crippen LogP contribution in [0.5, 0.6) is 0 Å². The average Bonchev–Trinajstić information content (AvgIpc) is 2.92. The van der Waals surface area contributed by atoms with E-state index in [2.05, 4.69) is 10.1 Å². The van der Waals surface area contributed by atoms with Gasteiger partial charge in [0.2, 0.25) is 10.0 Å². The van der Waals surface area contributed by atoms with Crippen molar-refractivity contribution >= 4 is 38.4 Å². The van der Waals surface area contributed by atoms with Crippen molar-refractivity contribution in [1.29, 1.82) is 0 Å². The van der Waals surface area contributed by atoms with Crippen molar-refractivity contribution in [3.8, 4) is 0 Å². The summed E-state index contributed by atoms with van der Waals surface area (Å²) < 4.78 is 32.6. The van der Waals surface area contributed by atoms with E-state index in [-0.39, 0.29) is 23.1 Å². The highest BCUT2D eigenvalue weighted by Crippen LogP contribution is 2.25. The van der Waals surface area contributed by atoms with Crippen LogP contribution in [-0.2, 0) is 10.0 Å². The zero-order valence-electron chi connectivity index (χ0n) is 16.6. The lowest BCUT2D eigenvalue weighted by Crippen LogP contribution is -2.37. The summed E-state index contributed by atoms with van der Waals surface area (Å²) >= 11 is 5.92. The van der Waals surface area contributed by atoms with Crippen LogP contribution in [0.2, 0.25) is 5.15 Å². The Labute approximate surface area is 179 Å². The van der Waals surface area contributed by atoms with Crippen LogP contribution in [-0.4, -0.2) is 59.8 Å². The second-order valence-electron chi connectivity index (χ2n) is 7.24. The number of aryl methyl sites for hydroxylation is 2. The van der Waals surface area contributed by atoms with Crippen molar-refractivity contribution in [3.05, 3.63) is 52.5 Å². The Morgan fingerprint density at radius 3 is 2.63 bits per heavy atom. The van der Waals surface area contributed by atoms with Crippen LogP contribution in [0.3, 0.4) is 0 Å². The lowest BCUT2D eigenvalue weighted by molar-refractivity contribution is 0.0764. The molecule has 0 aliphatic carbocycles. The van der Waals surface area contributed by atoms with E-state index in [1.807, 2.05) is 6.07 Å². The Morgan fingerprint density at radius 1 is 1.10 bits per heavy atom. The number of sulfonamides is 1. The van der Waals surface area contributed by atoms with Crippen molar-refractivity contribution in [2.75, 3.05) is 26.2 Å². The highest BCUT2D eigenvalue weighted by Gasteiger charge is 2.33. The monoisotopic (exact) mass is 448 g/mol. The van der Waals surface area contributed by atoms with Crippen LogP contribution < -0.4 is 0 Å². The van der Waals surface area contributed by atoms with Crippen LogP contribution in [0.4, 0.5) is 0 Å². The van der Waals surface area contributed by atoms with E-state index in [1.54, 1.807) is 43.0 Å².